The van der Waals surface area contributed by atoms with E-state index in [9.17, 15) is 14.4 Å². The van der Waals surface area contributed by atoms with Gasteiger partial charge in [0, 0.05) is 29.6 Å². The zero-order valence-corrected chi connectivity index (χ0v) is 17.8. The highest BCUT2D eigenvalue weighted by Gasteiger charge is 2.19. The molecule has 11 heteroatoms. The number of carbonyl (C=O) groups is 2. The summed E-state index contributed by atoms with van der Waals surface area (Å²) in [7, 11) is 1.79. The minimum Gasteiger partial charge on any atom is -0.275 e. The standard InChI is InChI=1S/C20H19N7O3S/c1-11(2)27-20(30)14-7-5-4-6-13(14)16(25-27)18(29)24-23-17(28)15-10-31-19(22-15)12-8-21-26(3)9-12/h4-11H,1-3H3,(H,23,28)(H,24,29). The van der Waals surface area contributed by atoms with Gasteiger partial charge in [-0.25, -0.2) is 9.67 Å². The van der Waals surface area contributed by atoms with Crippen LogP contribution in [-0.2, 0) is 7.05 Å². The Morgan fingerprint density at radius 2 is 1.81 bits per heavy atom. The Kier molecular flexibility index (Phi) is 5.34. The third-order valence-electron chi connectivity index (χ3n) is 4.51. The fraction of sp³-hybridized carbons (Fsp3) is 0.200. The number of hydrogen-bond donors (Lipinski definition) is 2. The molecule has 0 spiro atoms. The first-order valence-corrected chi connectivity index (χ1v) is 10.3. The van der Waals surface area contributed by atoms with E-state index >= 15 is 0 Å². The molecule has 3 aromatic heterocycles. The molecular weight excluding hydrogens is 418 g/mol. The summed E-state index contributed by atoms with van der Waals surface area (Å²) < 4.78 is 2.89. The van der Waals surface area contributed by atoms with Crippen molar-refractivity contribution in [3.8, 4) is 10.6 Å². The first kappa shape index (κ1) is 20.4. The molecule has 10 nitrogen and oxygen atoms in total. The summed E-state index contributed by atoms with van der Waals surface area (Å²) in [6, 6.07) is 6.49. The molecule has 1 aromatic carbocycles. The SMILES string of the molecule is CC(C)n1nc(C(=O)NNC(=O)c2csc(-c3cnn(C)c3)n2)c2ccccc2c1=O. The van der Waals surface area contributed by atoms with Crippen molar-refractivity contribution >= 4 is 33.9 Å². The summed E-state index contributed by atoms with van der Waals surface area (Å²) >= 11 is 1.30. The van der Waals surface area contributed by atoms with Crippen molar-refractivity contribution in [2.24, 2.45) is 7.05 Å². The second kappa shape index (κ2) is 8.11. The normalized spacial score (nSPS) is 11.1. The zero-order chi connectivity index (χ0) is 22.1. The number of rotatable bonds is 4. The van der Waals surface area contributed by atoms with Crippen LogP contribution in [0.25, 0.3) is 21.3 Å². The van der Waals surface area contributed by atoms with E-state index in [4.69, 9.17) is 0 Å². The number of aromatic nitrogens is 5. The number of aryl methyl sites for hydroxylation is 1. The number of benzene rings is 1. The zero-order valence-electron chi connectivity index (χ0n) is 17.0. The van der Waals surface area contributed by atoms with Crippen molar-refractivity contribution in [2.75, 3.05) is 0 Å². The van der Waals surface area contributed by atoms with Crippen LogP contribution < -0.4 is 16.4 Å². The van der Waals surface area contributed by atoms with Gasteiger partial charge in [-0.15, -0.1) is 11.3 Å². The number of amides is 2. The average molecular weight is 437 g/mol. The van der Waals surface area contributed by atoms with Crippen LogP contribution in [0.2, 0.25) is 0 Å². The van der Waals surface area contributed by atoms with Crippen LogP contribution in [0.5, 0.6) is 0 Å². The molecule has 31 heavy (non-hydrogen) atoms. The quantitative estimate of drug-likeness (QED) is 0.470. The summed E-state index contributed by atoms with van der Waals surface area (Å²) in [5, 5.41) is 11.3. The summed E-state index contributed by atoms with van der Waals surface area (Å²) in [5.41, 5.74) is 5.43. The summed E-state index contributed by atoms with van der Waals surface area (Å²) in [6.07, 6.45) is 3.45. The lowest BCUT2D eigenvalue weighted by Crippen LogP contribution is -2.43. The van der Waals surface area contributed by atoms with E-state index in [1.165, 1.54) is 16.0 Å². The van der Waals surface area contributed by atoms with Gasteiger partial charge >= 0.3 is 0 Å². The highest BCUT2D eigenvalue weighted by Crippen LogP contribution is 2.22. The van der Waals surface area contributed by atoms with E-state index in [0.717, 1.165) is 5.56 Å². The second-order valence-electron chi connectivity index (χ2n) is 7.09. The van der Waals surface area contributed by atoms with Crippen molar-refractivity contribution in [1.82, 2.24) is 35.4 Å². The van der Waals surface area contributed by atoms with E-state index in [0.29, 0.717) is 15.8 Å². The topological polar surface area (TPSA) is 124 Å². The maximum absolute atomic E-state index is 12.8. The highest BCUT2D eigenvalue weighted by molar-refractivity contribution is 7.13. The van der Waals surface area contributed by atoms with Crippen LogP contribution in [0.3, 0.4) is 0 Å². The molecule has 2 N–H and O–H groups in total. The fourth-order valence-electron chi connectivity index (χ4n) is 3.00. The Labute approximate surface area is 180 Å². The van der Waals surface area contributed by atoms with Crippen LogP contribution in [-0.4, -0.2) is 36.4 Å². The predicted molar refractivity (Wildman–Crippen MR) is 116 cm³/mol. The molecule has 0 saturated carbocycles. The minimum absolute atomic E-state index is 0.0403. The van der Waals surface area contributed by atoms with Gasteiger partial charge < -0.3 is 0 Å². The van der Waals surface area contributed by atoms with Gasteiger partial charge in [0.15, 0.2) is 5.69 Å². The van der Waals surface area contributed by atoms with Crippen molar-refractivity contribution < 1.29 is 9.59 Å². The van der Waals surface area contributed by atoms with Gasteiger partial charge in [-0.3, -0.25) is 29.9 Å². The predicted octanol–water partition coefficient (Wildman–Crippen LogP) is 1.91. The van der Waals surface area contributed by atoms with E-state index < -0.39 is 11.8 Å². The molecule has 0 aliphatic heterocycles. The smallest absolute Gasteiger partial charge is 0.275 e. The maximum Gasteiger partial charge on any atom is 0.290 e. The molecule has 158 valence electrons. The molecule has 4 rings (SSSR count). The third kappa shape index (κ3) is 3.94. The van der Waals surface area contributed by atoms with Gasteiger partial charge in [0.1, 0.15) is 10.7 Å². The fourth-order valence-corrected chi connectivity index (χ4v) is 3.78. The number of nitrogens with one attached hydrogen (secondary N) is 2. The molecule has 0 fully saturated rings. The number of hydrogen-bond acceptors (Lipinski definition) is 7. The van der Waals surface area contributed by atoms with Crippen molar-refractivity contribution in [3.05, 3.63) is 63.8 Å². The lowest BCUT2D eigenvalue weighted by atomic mass is 10.1. The van der Waals surface area contributed by atoms with Crippen molar-refractivity contribution in [1.29, 1.82) is 0 Å². The second-order valence-corrected chi connectivity index (χ2v) is 7.94. The summed E-state index contributed by atoms with van der Waals surface area (Å²) in [5.74, 6) is -1.21. The van der Waals surface area contributed by atoms with Crippen molar-refractivity contribution in [2.45, 2.75) is 19.9 Å². The molecule has 2 amide bonds. The van der Waals surface area contributed by atoms with Gasteiger partial charge in [-0.1, -0.05) is 18.2 Å². The van der Waals surface area contributed by atoms with Crippen LogP contribution >= 0.6 is 11.3 Å². The molecule has 0 aliphatic rings. The molecular formula is C20H19N7O3S. The number of hydrazine groups is 1. The molecule has 0 radical (unpaired) electrons. The molecule has 0 bridgehead atoms. The Morgan fingerprint density at radius 3 is 2.48 bits per heavy atom. The van der Waals surface area contributed by atoms with Gasteiger partial charge in [0.25, 0.3) is 17.4 Å². The van der Waals surface area contributed by atoms with Crippen LogP contribution in [0, 0.1) is 0 Å². The molecule has 0 atom stereocenters. The van der Waals surface area contributed by atoms with E-state index in [-0.39, 0.29) is 23.0 Å². The van der Waals surface area contributed by atoms with Gasteiger partial charge in [-0.05, 0) is 19.9 Å². The van der Waals surface area contributed by atoms with Crippen LogP contribution in [0.1, 0.15) is 40.9 Å². The summed E-state index contributed by atoms with van der Waals surface area (Å²) in [4.78, 5) is 42.1. The number of carbonyl (C=O) groups excluding carboxylic acids is 2. The lowest BCUT2D eigenvalue weighted by molar-refractivity contribution is 0.0841. The van der Waals surface area contributed by atoms with Gasteiger partial charge in [0.05, 0.1) is 17.6 Å². The molecule has 0 saturated heterocycles. The Bertz CT molecular complexity index is 1350. The third-order valence-corrected chi connectivity index (χ3v) is 5.40. The highest BCUT2D eigenvalue weighted by atomic mass is 32.1. The average Bonchev–Trinajstić information content (AvgIpc) is 3.41. The first-order chi connectivity index (χ1) is 14.8. The van der Waals surface area contributed by atoms with Gasteiger partial charge in [0.2, 0.25) is 0 Å². The summed E-state index contributed by atoms with van der Waals surface area (Å²) in [6.45, 7) is 3.60. The Balaban J connectivity index is 1.55. The van der Waals surface area contributed by atoms with E-state index in [1.807, 2.05) is 0 Å². The van der Waals surface area contributed by atoms with Gasteiger partial charge in [-0.2, -0.15) is 10.2 Å². The number of thiazole rings is 1. The van der Waals surface area contributed by atoms with Crippen LogP contribution in [0.15, 0.2) is 46.8 Å². The maximum atomic E-state index is 12.8. The van der Waals surface area contributed by atoms with E-state index in [2.05, 4.69) is 26.0 Å². The Hall–Kier alpha value is -3.86. The number of fused-ring (bicyclic) bond motifs is 1. The first-order valence-electron chi connectivity index (χ1n) is 9.42. The van der Waals surface area contributed by atoms with E-state index in [1.54, 1.807) is 67.6 Å². The number of nitrogens with zero attached hydrogens (tertiary/aromatic N) is 5. The lowest BCUT2D eigenvalue weighted by Gasteiger charge is -2.13. The molecule has 0 unspecified atom stereocenters. The molecule has 0 aliphatic carbocycles. The Morgan fingerprint density at radius 1 is 1.10 bits per heavy atom. The minimum atomic E-state index is -0.637. The van der Waals surface area contributed by atoms with Crippen LogP contribution in [0.4, 0.5) is 0 Å². The van der Waals surface area contributed by atoms with Crippen molar-refractivity contribution in [3.63, 3.8) is 0 Å². The monoisotopic (exact) mass is 437 g/mol. The molecule has 4 aromatic rings. The molecule has 3 heterocycles. The largest absolute Gasteiger partial charge is 0.290 e.